The second-order valence-electron chi connectivity index (χ2n) is 3.42. The summed E-state index contributed by atoms with van der Waals surface area (Å²) < 4.78 is 5.32. The van der Waals surface area contributed by atoms with Gasteiger partial charge in [0, 0.05) is 6.61 Å². The van der Waals surface area contributed by atoms with E-state index in [1.54, 1.807) is 6.08 Å². The Bertz CT molecular complexity index is 160. The van der Waals surface area contributed by atoms with E-state index in [0.717, 1.165) is 19.4 Å². The van der Waals surface area contributed by atoms with Crippen molar-refractivity contribution in [3.8, 4) is 0 Å². The van der Waals surface area contributed by atoms with Gasteiger partial charge >= 0.3 is 0 Å². The van der Waals surface area contributed by atoms with Gasteiger partial charge < -0.3 is 4.74 Å². The fourth-order valence-corrected chi connectivity index (χ4v) is 0.724. The molecule has 0 aliphatic heterocycles. The first kappa shape index (κ1) is 11.3. The summed E-state index contributed by atoms with van der Waals surface area (Å²) in [7, 11) is 0. The van der Waals surface area contributed by atoms with Crippen LogP contribution in [-0.2, 0) is 9.53 Å². The molecule has 0 radical (unpaired) electrons. The smallest absolute Gasteiger partial charge is 0.235 e. The summed E-state index contributed by atoms with van der Waals surface area (Å²) in [6.07, 6.45) is 3.72. The van der Waals surface area contributed by atoms with Crippen LogP contribution < -0.4 is 0 Å². The van der Waals surface area contributed by atoms with Crippen LogP contribution in [0.4, 0.5) is 0 Å². The molecule has 0 aromatic rings. The van der Waals surface area contributed by atoms with E-state index in [1.807, 2.05) is 13.8 Å². The van der Waals surface area contributed by atoms with Gasteiger partial charge in [-0.25, -0.2) is 4.79 Å². The monoisotopic (exact) mass is 171 g/mol. The largest absolute Gasteiger partial charge is 0.379 e. The van der Waals surface area contributed by atoms with Crippen molar-refractivity contribution in [2.45, 2.75) is 39.2 Å². The Hall–Kier alpha value is -0.660. The molecule has 70 valence electrons. The summed E-state index contributed by atoms with van der Waals surface area (Å²) in [6, 6.07) is 0. The lowest BCUT2D eigenvalue weighted by Crippen LogP contribution is -2.24. The molecule has 0 rings (SSSR count). The van der Waals surface area contributed by atoms with Crippen LogP contribution in [0.2, 0.25) is 0 Å². The first-order valence-electron chi connectivity index (χ1n) is 4.29. The number of rotatable bonds is 6. The number of ether oxygens (including phenoxy) is 1. The molecule has 0 aromatic heterocycles. The van der Waals surface area contributed by atoms with Crippen molar-refractivity contribution in [1.29, 1.82) is 0 Å². The summed E-state index contributed by atoms with van der Waals surface area (Å²) >= 11 is 0. The summed E-state index contributed by atoms with van der Waals surface area (Å²) in [6.45, 7) is 7.04. The number of unbranched alkanes of at least 4 members (excludes halogenated alkanes) is 1. The molecule has 0 aromatic carbocycles. The molecule has 0 aliphatic rings. The van der Waals surface area contributed by atoms with Gasteiger partial charge in [0.1, 0.15) is 0 Å². The van der Waals surface area contributed by atoms with Crippen LogP contribution in [-0.4, -0.2) is 24.8 Å². The van der Waals surface area contributed by atoms with Crippen molar-refractivity contribution >= 4 is 6.08 Å². The summed E-state index contributed by atoms with van der Waals surface area (Å²) in [5.74, 6) is 0. The maximum absolute atomic E-state index is 9.96. The quantitative estimate of drug-likeness (QED) is 0.348. The van der Waals surface area contributed by atoms with Gasteiger partial charge in [0.15, 0.2) is 0 Å². The average Bonchev–Trinajstić information content (AvgIpc) is 1.98. The van der Waals surface area contributed by atoms with E-state index in [9.17, 15) is 4.79 Å². The van der Waals surface area contributed by atoms with Crippen molar-refractivity contribution in [3.63, 3.8) is 0 Å². The predicted molar refractivity (Wildman–Crippen MR) is 47.9 cm³/mol. The summed E-state index contributed by atoms with van der Waals surface area (Å²) in [5, 5.41) is 0. The number of hydrogen-bond donors (Lipinski definition) is 0. The standard InChI is InChI=1S/C9H17NO2/c1-4-5-6-12-7-9(2,3)10-8-11/h4-7H2,1-3H3. The SMILES string of the molecule is CCCCOCC(C)(C)N=C=O. The van der Waals surface area contributed by atoms with Gasteiger partial charge in [-0.15, -0.1) is 0 Å². The van der Waals surface area contributed by atoms with Crippen LogP contribution in [0, 0.1) is 0 Å². The molecular formula is C9H17NO2. The fraction of sp³-hybridized carbons (Fsp3) is 0.889. The van der Waals surface area contributed by atoms with Crippen molar-refractivity contribution in [1.82, 2.24) is 0 Å². The number of nitrogens with zero attached hydrogens (tertiary/aromatic N) is 1. The lowest BCUT2D eigenvalue weighted by atomic mass is 10.1. The molecule has 12 heavy (non-hydrogen) atoms. The van der Waals surface area contributed by atoms with Gasteiger partial charge in [-0.2, -0.15) is 4.99 Å². The lowest BCUT2D eigenvalue weighted by Gasteiger charge is -2.16. The van der Waals surface area contributed by atoms with Crippen LogP contribution in [0.15, 0.2) is 4.99 Å². The number of isocyanates is 1. The van der Waals surface area contributed by atoms with Crippen LogP contribution in [0.3, 0.4) is 0 Å². The first-order chi connectivity index (χ1) is 5.62. The van der Waals surface area contributed by atoms with Crippen LogP contribution >= 0.6 is 0 Å². The summed E-state index contributed by atoms with van der Waals surface area (Å²) in [4.78, 5) is 13.6. The molecule has 3 heteroatoms. The highest BCUT2D eigenvalue weighted by molar-refractivity contribution is 5.34. The van der Waals surface area contributed by atoms with Gasteiger partial charge in [0.05, 0.1) is 12.1 Å². The molecular weight excluding hydrogens is 154 g/mol. The maximum atomic E-state index is 9.96. The molecule has 0 bridgehead atoms. The molecule has 0 atom stereocenters. The molecule has 0 saturated carbocycles. The highest BCUT2D eigenvalue weighted by atomic mass is 16.5. The van der Waals surface area contributed by atoms with E-state index in [2.05, 4.69) is 11.9 Å². The van der Waals surface area contributed by atoms with Gasteiger partial charge in [-0.3, -0.25) is 0 Å². The molecule has 3 nitrogen and oxygen atoms in total. The zero-order valence-electron chi connectivity index (χ0n) is 8.09. The Balaban J connectivity index is 3.54. The predicted octanol–water partition coefficient (Wildman–Crippen LogP) is 1.92. The molecule has 0 saturated heterocycles. The minimum Gasteiger partial charge on any atom is -0.379 e. The number of aliphatic imine (C=N–C) groups is 1. The minimum atomic E-state index is -0.421. The maximum Gasteiger partial charge on any atom is 0.235 e. The third-order valence-electron chi connectivity index (χ3n) is 1.45. The molecule has 0 fully saturated rings. The Morgan fingerprint density at radius 1 is 1.50 bits per heavy atom. The lowest BCUT2D eigenvalue weighted by molar-refractivity contribution is 0.0958. The Morgan fingerprint density at radius 3 is 2.67 bits per heavy atom. The van der Waals surface area contributed by atoms with E-state index < -0.39 is 5.54 Å². The van der Waals surface area contributed by atoms with Crippen LogP contribution in [0.25, 0.3) is 0 Å². The second kappa shape index (κ2) is 5.92. The molecule has 0 amide bonds. The van der Waals surface area contributed by atoms with E-state index >= 15 is 0 Å². The minimum absolute atomic E-state index is 0.421. The first-order valence-corrected chi connectivity index (χ1v) is 4.29. The van der Waals surface area contributed by atoms with E-state index in [0.29, 0.717) is 6.61 Å². The molecule has 0 spiro atoms. The zero-order chi connectivity index (χ0) is 9.45. The van der Waals surface area contributed by atoms with Crippen molar-refractivity contribution < 1.29 is 9.53 Å². The topological polar surface area (TPSA) is 38.7 Å². The second-order valence-corrected chi connectivity index (χ2v) is 3.42. The van der Waals surface area contributed by atoms with E-state index in [-0.39, 0.29) is 0 Å². The Kier molecular flexibility index (Phi) is 5.60. The third kappa shape index (κ3) is 6.08. The van der Waals surface area contributed by atoms with Gasteiger partial charge in [0.25, 0.3) is 0 Å². The number of hydrogen-bond acceptors (Lipinski definition) is 3. The van der Waals surface area contributed by atoms with E-state index in [4.69, 9.17) is 4.74 Å². The van der Waals surface area contributed by atoms with Crippen LogP contribution in [0.5, 0.6) is 0 Å². The highest BCUT2D eigenvalue weighted by Gasteiger charge is 2.15. The molecule has 0 heterocycles. The Morgan fingerprint density at radius 2 is 2.17 bits per heavy atom. The average molecular weight is 171 g/mol. The fourth-order valence-electron chi connectivity index (χ4n) is 0.724. The number of carbonyl (C=O) groups excluding carboxylic acids is 1. The van der Waals surface area contributed by atoms with Gasteiger partial charge in [0.2, 0.25) is 6.08 Å². The Labute approximate surface area is 73.8 Å². The van der Waals surface area contributed by atoms with Crippen molar-refractivity contribution in [3.05, 3.63) is 0 Å². The summed E-state index contributed by atoms with van der Waals surface area (Å²) in [5.41, 5.74) is -0.421. The molecule has 0 aliphatic carbocycles. The van der Waals surface area contributed by atoms with Gasteiger partial charge in [-0.1, -0.05) is 13.3 Å². The highest BCUT2D eigenvalue weighted by Crippen LogP contribution is 2.08. The normalized spacial score (nSPS) is 10.9. The zero-order valence-corrected chi connectivity index (χ0v) is 8.09. The van der Waals surface area contributed by atoms with Crippen molar-refractivity contribution in [2.24, 2.45) is 4.99 Å². The molecule has 0 unspecified atom stereocenters. The van der Waals surface area contributed by atoms with Gasteiger partial charge in [-0.05, 0) is 20.3 Å². The van der Waals surface area contributed by atoms with Crippen molar-refractivity contribution in [2.75, 3.05) is 13.2 Å². The molecule has 0 N–H and O–H groups in total. The van der Waals surface area contributed by atoms with E-state index in [1.165, 1.54) is 0 Å². The van der Waals surface area contributed by atoms with Crippen LogP contribution in [0.1, 0.15) is 33.6 Å². The third-order valence-corrected chi connectivity index (χ3v) is 1.45.